The number of carbonyl (C=O) groups excluding carboxylic acids is 1. The van der Waals surface area contributed by atoms with E-state index in [-0.39, 0.29) is 34.9 Å². The maximum atomic E-state index is 14.3. The number of aryl methyl sites for hydroxylation is 2. The van der Waals surface area contributed by atoms with Gasteiger partial charge in [0.05, 0.1) is 19.4 Å². The third-order valence-corrected chi connectivity index (χ3v) is 8.82. The van der Waals surface area contributed by atoms with Crippen LogP contribution in [0.5, 0.6) is 5.75 Å². The van der Waals surface area contributed by atoms with Crippen LogP contribution in [0.25, 0.3) is 0 Å². The number of carbonyl (C=O) groups is 1. The number of fused-ring (bicyclic) bond motifs is 1. The number of benzene rings is 1. The second-order valence-electron chi connectivity index (χ2n) is 9.06. The molecule has 1 saturated heterocycles. The summed E-state index contributed by atoms with van der Waals surface area (Å²) in [7, 11) is -2.83. The van der Waals surface area contributed by atoms with Crippen LogP contribution >= 0.6 is 0 Å². The molecular weight excluding hydrogens is 468 g/mol. The zero-order valence-electron chi connectivity index (χ0n) is 20.7. The number of hydrogen-bond acceptors (Lipinski definition) is 7. The highest BCUT2D eigenvalue weighted by Gasteiger charge is 2.38. The number of esters is 1. The van der Waals surface area contributed by atoms with E-state index in [2.05, 4.69) is 18.0 Å². The number of rotatable bonds is 8. The Hall–Kier alpha value is -2.65. The van der Waals surface area contributed by atoms with Crippen molar-refractivity contribution in [3.63, 3.8) is 0 Å². The normalized spacial score (nSPS) is 18.7. The van der Waals surface area contributed by atoms with Crippen molar-refractivity contribution in [1.29, 1.82) is 0 Å². The molecule has 1 aromatic heterocycles. The van der Waals surface area contributed by atoms with Gasteiger partial charge in [-0.15, -0.1) is 0 Å². The largest absolute Gasteiger partial charge is 0.489 e. The van der Waals surface area contributed by atoms with Crippen molar-refractivity contribution in [2.45, 2.75) is 63.3 Å². The highest BCUT2D eigenvalue weighted by atomic mass is 32.2. The summed E-state index contributed by atoms with van der Waals surface area (Å²) in [5.41, 5.74) is 2.75. The lowest BCUT2D eigenvalue weighted by Crippen LogP contribution is -2.43. The van der Waals surface area contributed by atoms with Crippen LogP contribution in [0.15, 0.2) is 35.4 Å². The molecule has 0 bridgehead atoms. The molecule has 8 nitrogen and oxygen atoms in total. The van der Waals surface area contributed by atoms with E-state index in [9.17, 15) is 13.2 Å². The van der Waals surface area contributed by atoms with Gasteiger partial charge in [-0.1, -0.05) is 26.0 Å². The van der Waals surface area contributed by atoms with Gasteiger partial charge in [-0.05, 0) is 67.7 Å². The monoisotopic (exact) mass is 502 g/mol. The zero-order valence-corrected chi connectivity index (χ0v) is 21.5. The number of nitrogens with zero attached hydrogens (tertiary/aromatic N) is 2. The fourth-order valence-corrected chi connectivity index (χ4v) is 6.76. The lowest BCUT2D eigenvalue weighted by Gasteiger charge is -2.38. The van der Waals surface area contributed by atoms with E-state index in [0.29, 0.717) is 25.3 Å². The van der Waals surface area contributed by atoms with Crippen molar-refractivity contribution in [3.8, 4) is 5.75 Å². The average molecular weight is 503 g/mol. The SMILES string of the molecule is CCc1ccc2c(c1)CCC(CC)N2S(=O)(=O)c1ccnc(C(=O)OC)c1OCC1CCOCC1. The maximum absolute atomic E-state index is 14.3. The summed E-state index contributed by atoms with van der Waals surface area (Å²) in [6.45, 7) is 5.63. The van der Waals surface area contributed by atoms with Gasteiger partial charge in [0.15, 0.2) is 11.4 Å². The number of hydrogen-bond donors (Lipinski definition) is 0. The van der Waals surface area contributed by atoms with Crippen molar-refractivity contribution >= 4 is 21.7 Å². The Morgan fingerprint density at radius 1 is 1.17 bits per heavy atom. The van der Waals surface area contributed by atoms with E-state index >= 15 is 0 Å². The van der Waals surface area contributed by atoms with E-state index in [1.165, 1.54) is 29.2 Å². The van der Waals surface area contributed by atoms with Gasteiger partial charge in [0.1, 0.15) is 4.90 Å². The van der Waals surface area contributed by atoms with E-state index in [1.807, 2.05) is 19.1 Å². The molecule has 4 rings (SSSR count). The Kier molecular flexibility index (Phi) is 7.96. The molecule has 0 amide bonds. The highest BCUT2D eigenvalue weighted by Crippen LogP contribution is 2.40. The van der Waals surface area contributed by atoms with Crippen LogP contribution in [0.4, 0.5) is 5.69 Å². The summed E-state index contributed by atoms with van der Waals surface area (Å²) in [6, 6.07) is 7.20. The summed E-state index contributed by atoms with van der Waals surface area (Å²) in [5.74, 6) is -0.572. The number of anilines is 1. The predicted octanol–water partition coefficient (Wildman–Crippen LogP) is 4.16. The van der Waals surface area contributed by atoms with Gasteiger partial charge >= 0.3 is 5.97 Å². The molecular formula is C26H34N2O6S. The van der Waals surface area contributed by atoms with Gasteiger partial charge in [-0.2, -0.15) is 0 Å². The molecule has 1 fully saturated rings. The quantitative estimate of drug-likeness (QED) is 0.500. The fourth-order valence-electron chi connectivity index (χ4n) is 4.84. The van der Waals surface area contributed by atoms with Crippen molar-refractivity contribution in [1.82, 2.24) is 4.98 Å². The second-order valence-corrected chi connectivity index (χ2v) is 10.8. The number of methoxy groups -OCH3 is 1. The number of aromatic nitrogens is 1. The highest BCUT2D eigenvalue weighted by molar-refractivity contribution is 7.93. The van der Waals surface area contributed by atoms with Gasteiger partial charge in [0, 0.05) is 25.5 Å². The van der Waals surface area contributed by atoms with Crippen LogP contribution in [0, 0.1) is 5.92 Å². The molecule has 9 heteroatoms. The molecule has 2 aromatic rings. The molecule has 2 aliphatic heterocycles. The molecule has 190 valence electrons. The third kappa shape index (κ3) is 5.16. The number of pyridine rings is 1. The first-order valence-electron chi connectivity index (χ1n) is 12.3. The number of sulfonamides is 1. The molecule has 1 atom stereocenters. The first-order chi connectivity index (χ1) is 16.9. The van der Waals surface area contributed by atoms with Gasteiger partial charge in [0.25, 0.3) is 10.0 Å². The van der Waals surface area contributed by atoms with Gasteiger partial charge in [-0.25, -0.2) is 18.2 Å². The van der Waals surface area contributed by atoms with E-state index < -0.39 is 16.0 Å². The summed E-state index contributed by atoms with van der Waals surface area (Å²) in [5, 5.41) is 0. The molecule has 0 aliphatic carbocycles. The molecule has 2 aliphatic rings. The Morgan fingerprint density at radius 2 is 1.94 bits per heavy atom. The Morgan fingerprint density at radius 3 is 2.63 bits per heavy atom. The lowest BCUT2D eigenvalue weighted by atomic mass is 9.94. The fraction of sp³-hybridized carbons (Fsp3) is 0.538. The van der Waals surface area contributed by atoms with Crippen LogP contribution in [0.2, 0.25) is 0 Å². The molecule has 1 unspecified atom stereocenters. The van der Waals surface area contributed by atoms with E-state index in [1.54, 1.807) is 0 Å². The van der Waals surface area contributed by atoms with E-state index in [4.69, 9.17) is 14.2 Å². The maximum Gasteiger partial charge on any atom is 0.360 e. The Labute approximate surface area is 207 Å². The standard InChI is InChI=1S/C26H34N2O6S/c1-4-18-6-9-22-20(16-18)7-8-21(5-2)28(22)35(30,31)23-10-13-27-24(26(29)32-3)25(23)34-17-19-11-14-33-15-12-19/h6,9-10,13,16,19,21H,4-5,7-8,11-12,14-15,17H2,1-3H3. The summed E-state index contributed by atoms with van der Waals surface area (Å²) >= 11 is 0. The third-order valence-electron chi connectivity index (χ3n) is 6.93. The van der Waals surface area contributed by atoms with Crippen molar-refractivity contribution in [2.24, 2.45) is 5.92 Å². The average Bonchev–Trinajstić information content (AvgIpc) is 2.90. The molecule has 0 radical (unpaired) electrons. The van der Waals surface area contributed by atoms with Crippen LogP contribution in [0.1, 0.15) is 61.1 Å². The van der Waals surface area contributed by atoms with Crippen LogP contribution in [0.3, 0.4) is 0 Å². The second kappa shape index (κ2) is 11.0. The first-order valence-corrected chi connectivity index (χ1v) is 13.8. The van der Waals surface area contributed by atoms with Gasteiger partial charge < -0.3 is 14.2 Å². The van der Waals surface area contributed by atoms with Crippen molar-refractivity contribution in [3.05, 3.63) is 47.3 Å². The first kappa shape index (κ1) is 25.4. The van der Waals surface area contributed by atoms with Gasteiger partial charge in [-0.3, -0.25) is 4.31 Å². The minimum absolute atomic E-state index is 0.0435. The minimum Gasteiger partial charge on any atom is -0.489 e. The van der Waals surface area contributed by atoms with Crippen LogP contribution in [-0.4, -0.2) is 52.3 Å². The minimum atomic E-state index is -4.07. The van der Waals surface area contributed by atoms with Crippen molar-refractivity contribution < 1.29 is 27.4 Å². The smallest absolute Gasteiger partial charge is 0.360 e. The summed E-state index contributed by atoms with van der Waals surface area (Å²) in [4.78, 5) is 16.6. The molecule has 3 heterocycles. The van der Waals surface area contributed by atoms with Gasteiger partial charge in [0.2, 0.25) is 0 Å². The van der Waals surface area contributed by atoms with Crippen molar-refractivity contribution in [2.75, 3.05) is 31.2 Å². The number of ether oxygens (including phenoxy) is 3. The van der Waals surface area contributed by atoms with Crippen LogP contribution in [-0.2, 0) is 32.3 Å². The van der Waals surface area contributed by atoms with Crippen LogP contribution < -0.4 is 9.04 Å². The molecule has 0 spiro atoms. The van der Waals surface area contributed by atoms with E-state index in [0.717, 1.165) is 37.7 Å². The molecule has 1 aromatic carbocycles. The molecule has 0 saturated carbocycles. The lowest BCUT2D eigenvalue weighted by molar-refractivity contribution is 0.0475. The topological polar surface area (TPSA) is 95.0 Å². The molecule has 0 N–H and O–H groups in total. The molecule has 35 heavy (non-hydrogen) atoms. The Balaban J connectivity index is 1.79. The zero-order chi connectivity index (χ0) is 25.0. The Bertz CT molecular complexity index is 1160. The predicted molar refractivity (Wildman–Crippen MR) is 132 cm³/mol. The summed E-state index contributed by atoms with van der Waals surface area (Å²) < 4.78 is 46.4. The summed E-state index contributed by atoms with van der Waals surface area (Å²) in [6.07, 6.45) is 6.05.